The minimum atomic E-state index is 0.499. The molecule has 4 bridgehead atoms. The van der Waals surface area contributed by atoms with E-state index in [1.807, 2.05) is 0 Å². The zero-order valence-corrected chi connectivity index (χ0v) is 14.9. The van der Waals surface area contributed by atoms with Crippen LogP contribution in [0.25, 0.3) is 0 Å². The van der Waals surface area contributed by atoms with Crippen molar-refractivity contribution < 1.29 is 0 Å². The fourth-order valence-corrected chi connectivity index (χ4v) is 7.46. The molecule has 4 aliphatic rings. The van der Waals surface area contributed by atoms with E-state index in [1.165, 1.54) is 37.0 Å². The van der Waals surface area contributed by atoms with Crippen molar-refractivity contribution in [1.82, 2.24) is 5.32 Å². The third-order valence-corrected chi connectivity index (χ3v) is 8.52. The maximum Gasteiger partial charge on any atom is 0.107 e. The van der Waals surface area contributed by atoms with Crippen molar-refractivity contribution >= 4 is 38.9 Å². The van der Waals surface area contributed by atoms with Crippen molar-refractivity contribution in [2.75, 3.05) is 7.05 Å². The first kappa shape index (κ1) is 14.0. The van der Waals surface area contributed by atoms with Crippen LogP contribution in [0.2, 0.25) is 4.34 Å². The van der Waals surface area contributed by atoms with Gasteiger partial charge < -0.3 is 5.32 Å². The lowest BCUT2D eigenvalue weighted by molar-refractivity contribution is -0.0510. The summed E-state index contributed by atoms with van der Waals surface area (Å²) in [6.07, 6.45) is 7.46. The van der Waals surface area contributed by atoms with E-state index in [4.69, 9.17) is 11.6 Å². The van der Waals surface area contributed by atoms with Crippen molar-refractivity contribution in [3.05, 3.63) is 19.8 Å². The third kappa shape index (κ3) is 2.20. The number of hydrogen-bond donors (Lipinski definition) is 1. The van der Waals surface area contributed by atoms with E-state index < -0.39 is 0 Å². The molecule has 4 heteroatoms. The summed E-state index contributed by atoms with van der Waals surface area (Å²) in [5.74, 6) is 4.82. The Bertz CT molecular complexity index is 467. The highest BCUT2D eigenvalue weighted by Gasteiger charge is 2.50. The van der Waals surface area contributed by atoms with Crippen molar-refractivity contribution in [3.8, 4) is 0 Å². The predicted molar refractivity (Wildman–Crippen MR) is 89.4 cm³/mol. The van der Waals surface area contributed by atoms with Crippen LogP contribution in [0.5, 0.6) is 0 Å². The summed E-state index contributed by atoms with van der Waals surface area (Å²) in [6, 6.07) is 2.73. The molecule has 1 nitrogen and oxygen atoms in total. The molecule has 0 radical (unpaired) electrons. The fourth-order valence-electron chi connectivity index (χ4n) is 5.55. The van der Waals surface area contributed by atoms with E-state index >= 15 is 0 Å². The topological polar surface area (TPSA) is 12.0 Å². The first-order chi connectivity index (χ1) is 9.65. The predicted octanol–water partition coefficient (Wildman–Crippen LogP) is 5.50. The molecule has 0 spiro atoms. The summed E-state index contributed by atoms with van der Waals surface area (Å²) in [6.45, 7) is 0. The molecule has 20 heavy (non-hydrogen) atoms. The molecule has 1 aromatic heterocycles. The molecule has 0 amide bonds. The average molecular weight is 375 g/mol. The number of thiophene rings is 1. The molecule has 1 N–H and O–H groups in total. The van der Waals surface area contributed by atoms with Gasteiger partial charge in [-0.25, -0.2) is 0 Å². The molecule has 0 aliphatic heterocycles. The van der Waals surface area contributed by atoms with Gasteiger partial charge in [0.05, 0.1) is 0 Å². The van der Waals surface area contributed by atoms with Crippen LogP contribution in [0, 0.1) is 29.6 Å². The number of nitrogens with one attached hydrogen (secondary N) is 1. The second-order valence-electron chi connectivity index (χ2n) is 7.04. The van der Waals surface area contributed by atoms with Gasteiger partial charge in [-0.1, -0.05) is 11.6 Å². The molecular weight excluding hydrogens is 354 g/mol. The Morgan fingerprint density at radius 1 is 1.20 bits per heavy atom. The van der Waals surface area contributed by atoms with Gasteiger partial charge in [-0.3, -0.25) is 0 Å². The van der Waals surface area contributed by atoms with Gasteiger partial charge in [0.1, 0.15) is 4.34 Å². The first-order valence-electron chi connectivity index (χ1n) is 7.77. The monoisotopic (exact) mass is 373 g/mol. The molecule has 1 unspecified atom stereocenters. The maximum atomic E-state index is 6.26. The van der Waals surface area contributed by atoms with Gasteiger partial charge in [0.2, 0.25) is 0 Å². The van der Waals surface area contributed by atoms with Gasteiger partial charge in [-0.2, -0.15) is 0 Å². The standard InChI is InChI=1S/C16H21BrClNS/c1-19-15(13-7-12(17)16(18)20-13)14-10-3-8-2-9(5-10)6-11(14)4-8/h7-11,14-15,19H,2-6H2,1H3. The van der Waals surface area contributed by atoms with Crippen molar-refractivity contribution in [2.24, 2.45) is 29.6 Å². The third-order valence-electron chi connectivity index (χ3n) is 5.97. The highest BCUT2D eigenvalue weighted by molar-refractivity contribution is 9.10. The van der Waals surface area contributed by atoms with Gasteiger partial charge in [0, 0.05) is 15.4 Å². The smallest absolute Gasteiger partial charge is 0.107 e. The second-order valence-corrected chi connectivity index (χ2v) is 9.59. The van der Waals surface area contributed by atoms with Crippen LogP contribution < -0.4 is 5.32 Å². The van der Waals surface area contributed by atoms with E-state index in [0.717, 1.165) is 38.4 Å². The lowest BCUT2D eigenvalue weighted by Crippen LogP contribution is -2.49. The van der Waals surface area contributed by atoms with Crippen LogP contribution in [0.1, 0.15) is 43.0 Å². The Morgan fingerprint density at radius 3 is 2.25 bits per heavy atom. The van der Waals surface area contributed by atoms with E-state index in [2.05, 4.69) is 34.4 Å². The Morgan fingerprint density at radius 2 is 1.80 bits per heavy atom. The van der Waals surface area contributed by atoms with Crippen LogP contribution in [-0.2, 0) is 0 Å². The minimum absolute atomic E-state index is 0.499. The van der Waals surface area contributed by atoms with Crippen LogP contribution in [0.15, 0.2) is 10.5 Å². The summed E-state index contributed by atoms with van der Waals surface area (Å²) in [4.78, 5) is 1.42. The SMILES string of the molecule is CNC(c1cc(Br)c(Cl)s1)C1C2CC3CC(C2)CC1C3. The largest absolute Gasteiger partial charge is 0.312 e. The molecule has 0 saturated heterocycles. The number of rotatable bonds is 3. The van der Waals surface area contributed by atoms with Crippen LogP contribution in [-0.4, -0.2) is 7.05 Å². The molecular formula is C16H21BrClNS. The second kappa shape index (κ2) is 5.26. The Balaban J connectivity index is 1.64. The zero-order chi connectivity index (χ0) is 13.9. The van der Waals surface area contributed by atoms with Crippen LogP contribution in [0.3, 0.4) is 0 Å². The molecule has 4 fully saturated rings. The number of halogens is 2. The highest BCUT2D eigenvalue weighted by Crippen LogP contribution is 2.59. The molecule has 1 aromatic rings. The zero-order valence-electron chi connectivity index (χ0n) is 11.7. The summed E-state index contributed by atoms with van der Waals surface area (Å²) < 4.78 is 1.95. The Hall–Kier alpha value is 0.430. The summed E-state index contributed by atoms with van der Waals surface area (Å²) >= 11 is 11.6. The molecule has 5 rings (SSSR count). The van der Waals surface area contributed by atoms with E-state index in [-0.39, 0.29) is 0 Å². The molecule has 110 valence electrons. The van der Waals surface area contributed by atoms with Crippen molar-refractivity contribution in [3.63, 3.8) is 0 Å². The summed E-state index contributed by atoms with van der Waals surface area (Å²) in [7, 11) is 2.12. The van der Waals surface area contributed by atoms with Gasteiger partial charge in [-0.05, 0) is 90.7 Å². The van der Waals surface area contributed by atoms with Gasteiger partial charge in [0.15, 0.2) is 0 Å². The van der Waals surface area contributed by atoms with Crippen LogP contribution in [0.4, 0.5) is 0 Å². The quantitative estimate of drug-likeness (QED) is 0.737. The van der Waals surface area contributed by atoms with Gasteiger partial charge in [-0.15, -0.1) is 11.3 Å². The highest BCUT2D eigenvalue weighted by atomic mass is 79.9. The average Bonchev–Trinajstić information content (AvgIpc) is 2.72. The van der Waals surface area contributed by atoms with E-state index in [0.29, 0.717) is 6.04 Å². The summed E-state index contributed by atoms with van der Waals surface area (Å²) in [5.41, 5.74) is 0. The minimum Gasteiger partial charge on any atom is -0.312 e. The van der Waals surface area contributed by atoms with E-state index in [1.54, 1.807) is 11.3 Å². The summed E-state index contributed by atoms with van der Waals surface area (Å²) in [5, 5.41) is 3.62. The first-order valence-corrected chi connectivity index (χ1v) is 9.76. The van der Waals surface area contributed by atoms with Gasteiger partial charge in [0.25, 0.3) is 0 Å². The van der Waals surface area contributed by atoms with Crippen molar-refractivity contribution in [2.45, 2.75) is 38.1 Å². The molecule has 4 saturated carbocycles. The Kier molecular flexibility index (Phi) is 3.69. The van der Waals surface area contributed by atoms with Crippen LogP contribution >= 0.6 is 38.9 Å². The molecule has 4 aliphatic carbocycles. The molecule has 0 aromatic carbocycles. The van der Waals surface area contributed by atoms with Crippen molar-refractivity contribution in [1.29, 1.82) is 0 Å². The lowest BCUT2D eigenvalue weighted by Gasteiger charge is -2.56. The lowest BCUT2D eigenvalue weighted by atomic mass is 9.50. The maximum absolute atomic E-state index is 6.26. The molecule has 1 atom stereocenters. The normalized spacial score (nSPS) is 40.2. The number of hydrogen-bond acceptors (Lipinski definition) is 2. The van der Waals surface area contributed by atoms with E-state index in [9.17, 15) is 0 Å². The fraction of sp³-hybridized carbons (Fsp3) is 0.750. The van der Waals surface area contributed by atoms with Gasteiger partial charge >= 0.3 is 0 Å². The molecule has 1 heterocycles. The Labute approximate surface area is 138 Å².